The Balaban J connectivity index is 3.58. The van der Waals surface area contributed by atoms with Crippen LogP contribution in [0.5, 0.6) is 0 Å². The Labute approximate surface area is 141 Å². The molecule has 5 heteroatoms. The molecular formula is C18H34N2O3. The molecule has 0 rings (SSSR count). The largest absolute Gasteiger partial charge is 0.480 e. The van der Waals surface area contributed by atoms with E-state index in [0.717, 1.165) is 25.7 Å². The van der Waals surface area contributed by atoms with Gasteiger partial charge in [-0.2, -0.15) is 0 Å². The summed E-state index contributed by atoms with van der Waals surface area (Å²) in [5.41, 5.74) is 0. The number of rotatable bonds is 14. The summed E-state index contributed by atoms with van der Waals surface area (Å²) in [6.45, 7) is 2.81. The van der Waals surface area contributed by atoms with Gasteiger partial charge in [0.2, 0.25) is 5.91 Å². The minimum atomic E-state index is -0.787. The van der Waals surface area contributed by atoms with Gasteiger partial charge in [-0.05, 0) is 52.6 Å². The number of allylic oxidation sites excluding steroid dienone is 2. The van der Waals surface area contributed by atoms with E-state index in [1.807, 2.05) is 0 Å². The Bertz CT molecular complexity index is 354. The van der Waals surface area contributed by atoms with E-state index in [4.69, 9.17) is 5.11 Å². The average Bonchev–Trinajstić information content (AvgIpc) is 2.49. The van der Waals surface area contributed by atoms with Crippen molar-refractivity contribution in [2.75, 3.05) is 20.6 Å². The molecule has 0 heterocycles. The number of aliphatic carboxylic acids is 1. The zero-order valence-electron chi connectivity index (χ0n) is 15.0. The fourth-order valence-corrected chi connectivity index (χ4v) is 2.34. The Kier molecular flexibility index (Phi) is 13.4. The maximum Gasteiger partial charge on any atom is 0.320 e. The second kappa shape index (κ2) is 14.2. The van der Waals surface area contributed by atoms with Crippen molar-refractivity contribution in [1.82, 2.24) is 10.2 Å². The Morgan fingerprint density at radius 1 is 1.09 bits per heavy atom. The molecule has 0 fully saturated rings. The molecule has 5 nitrogen and oxygen atoms in total. The molecule has 0 aliphatic heterocycles. The molecule has 0 aromatic carbocycles. The summed E-state index contributed by atoms with van der Waals surface area (Å²) in [7, 11) is 3.55. The van der Waals surface area contributed by atoms with Gasteiger partial charge >= 0.3 is 5.97 Å². The minimum Gasteiger partial charge on any atom is -0.480 e. The van der Waals surface area contributed by atoms with Crippen molar-refractivity contribution >= 4 is 11.9 Å². The number of carboxylic acids is 1. The number of hydrogen-bond donors (Lipinski definition) is 2. The number of nitrogens with one attached hydrogen (secondary N) is 1. The third-order valence-electron chi connectivity index (χ3n) is 3.81. The topological polar surface area (TPSA) is 69.6 Å². The summed E-state index contributed by atoms with van der Waals surface area (Å²) in [5, 5.41) is 12.0. The SMILES string of the molecule is CCCCC/C=C/CCC(=O)NCCCC[C@@H](C(=O)O)N(C)C. The van der Waals surface area contributed by atoms with Crippen LogP contribution in [0.2, 0.25) is 0 Å². The van der Waals surface area contributed by atoms with Crippen molar-refractivity contribution in [3.63, 3.8) is 0 Å². The van der Waals surface area contributed by atoms with Gasteiger partial charge in [-0.15, -0.1) is 0 Å². The van der Waals surface area contributed by atoms with E-state index < -0.39 is 12.0 Å². The first-order chi connectivity index (χ1) is 11.0. The zero-order valence-corrected chi connectivity index (χ0v) is 15.0. The lowest BCUT2D eigenvalue weighted by atomic mass is 10.1. The monoisotopic (exact) mass is 326 g/mol. The molecule has 0 aliphatic carbocycles. The molecule has 0 saturated carbocycles. The molecule has 0 bridgehead atoms. The molecule has 2 N–H and O–H groups in total. The lowest BCUT2D eigenvalue weighted by molar-refractivity contribution is -0.142. The lowest BCUT2D eigenvalue weighted by Gasteiger charge is -2.19. The second-order valence-corrected chi connectivity index (χ2v) is 6.17. The highest BCUT2D eigenvalue weighted by Gasteiger charge is 2.18. The molecule has 0 spiro atoms. The number of hydrogen-bond acceptors (Lipinski definition) is 3. The van der Waals surface area contributed by atoms with Gasteiger partial charge in [-0.1, -0.05) is 31.9 Å². The van der Waals surface area contributed by atoms with E-state index in [2.05, 4.69) is 24.4 Å². The maximum atomic E-state index is 11.6. The highest BCUT2D eigenvalue weighted by molar-refractivity contribution is 5.76. The third kappa shape index (κ3) is 12.8. The number of carbonyl (C=O) groups excluding carboxylic acids is 1. The van der Waals surface area contributed by atoms with E-state index >= 15 is 0 Å². The van der Waals surface area contributed by atoms with Gasteiger partial charge in [-0.3, -0.25) is 14.5 Å². The van der Waals surface area contributed by atoms with E-state index in [1.54, 1.807) is 19.0 Å². The molecule has 1 amide bonds. The van der Waals surface area contributed by atoms with Crippen LogP contribution in [0.4, 0.5) is 0 Å². The first kappa shape index (κ1) is 21.6. The summed E-state index contributed by atoms with van der Waals surface area (Å²) >= 11 is 0. The van der Waals surface area contributed by atoms with Crippen molar-refractivity contribution in [2.24, 2.45) is 0 Å². The first-order valence-corrected chi connectivity index (χ1v) is 8.80. The fraction of sp³-hybridized carbons (Fsp3) is 0.778. The third-order valence-corrected chi connectivity index (χ3v) is 3.81. The molecule has 0 unspecified atom stereocenters. The van der Waals surface area contributed by atoms with E-state index in [9.17, 15) is 9.59 Å². The first-order valence-electron chi connectivity index (χ1n) is 8.80. The standard InChI is InChI=1S/C18H34N2O3/c1-4-5-6-7-8-9-10-14-17(21)19-15-12-11-13-16(18(22)23)20(2)3/h8-9,16H,4-7,10-15H2,1-3H3,(H,19,21)(H,22,23)/b9-8+/t16-/m0/s1. The van der Waals surface area contributed by atoms with Crippen LogP contribution in [-0.4, -0.2) is 48.6 Å². The van der Waals surface area contributed by atoms with E-state index in [0.29, 0.717) is 19.4 Å². The van der Waals surface area contributed by atoms with E-state index in [1.165, 1.54) is 19.3 Å². The van der Waals surface area contributed by atoms with Gasteiger partial charge in [0.05, 0.1) is 0 Å². The normalized spacial score (nSPS) is 12.7. The van der Waals surface area contributed by atoms with Gasteiger partial charge in [-0.25, -0.2) is 0 Å². The number of carbonyl (C=O) groups is 2. The van der Waals surface area contributed by atoms with Crippen LogP contribution in [0.3, 0.4) is 0 Å². The number of carboxylic acid groups (broad SMARTS) is 1. The summed E-state index contributed by atoms with van der Waals surface area (Å²) in [4.78, 5) is 24.4. The van der Waals surface area contributed by atoms with Gasteiger partial charge in [0.15, 0.2) is 0 Å². The minimum absolute atomic E-state index is 0.0746. The average molecular weight is 326 g/mol. The van der Waals surface area contributed by atoms with Crippen LogP contribution >= 0.6 is 0 Å². The fourth-order valence-electron chi connectivity index (χ4n) is 2.34. The molecule has 23 heavy (non-hydrogen) atoms. The Morgan fingerprint density at radius 3 is 2.39 bits per heavy atom. The molecule has 0 radical (unpaired) electrons. The van der Waals surface area contributed by atoms with Crippen molar-refractivity contribution in [3.05, 3.63) is 12.2 Å². The van der Waals surface area contributed by atoms with Crippen LogP contribution in [0.25, 0.3) is 0 Å². The number of likely N-dealkylation sites (N-methyl/N-ethyl adjacent to an activating group) is 1. The molecular weight excluding hydrogens is 292 g/mol. The number of amides is 1. The zero-order chi connectivity index (χ0) is 17.5. The lowest BCUT2D eigenvalue weighted by Crippen LogP contribution is -2.35. The molecule has 0 aromatic rings. The summed E-state index contributed by atoms with van der Waals surface area (Å²) in [6, 6.07) is -0.441. The Hall–Kier alpha value is -1.36. The maximum absolute atomic E-state index is 11.6. The Morgan fingerprint density at radius 2 is 1.78 bits per heavy atom. The van der Waals surface area contributed by atoms with Gasteiger partial charge in [0, 0.05) is 13.0 Å². The van der Waals surface area contributed by atoms with Crippen molar-refractivity contribution < 1.29 is 14.7 Å². The quantitative estimate of drug-likeness (QED) is 0.380. The molecule has 134 valence electrons. The van der Waals surface area contributed by atoms with Crippen LogP contribution < -0.4 is 5.32 Å². The van der Waals surface area contributed by atoms with Crippen molar-refractivity contribution in [3.8, 4) is 0 Å². The van der Waals surface area contributed by atoms with Gasteiger partial charge in [0.1, 0.15) is 6.04 Å². The highest BCUT2D eigenvalue weighted by Crippen LogP contribution is 2.06. The summed E-state index contributed by atoms with van der Waals surface area (Å²) in [6.07, 6.45) is 12.6. The molecule has 0 aromatic heterocycles. The predicted molar refractivity (Wildman–Crippen MR) is 94.5 cm³/mol. The van der Waals surface area contributed by atoms with Crippen LogP contribution in [0.1, 0.15) is 64.7 Å². The van der Waals surface area contributed by atoms with Crippen LogP contribution in [0, 0.1) is 0 Å². The summed E-state index contributed by atoms with van der Waals surface area (Å²) in [5.74, 6) is -0.713. The molecule has 0 saturated heterocycles. The summed E-state index contributed by atoms with van der Waals surface area (Å²) < 4.78 is 0. The van der Waals surface area contributed by atoms with Crippen LogP contribution in [0.15, 0.2) is 12.2 Å². The van der Waals surface area contributed by atoms with Crippen molar-refractivity contribution in [2.45, 2.75) is 70.8 Å². The predicted octanol–water partition coefficient (Wildman–Crippen LogP) is 3.20. The van der Waals surface area contributed by atoms with Crippen molar-refractivity contribution in [1.29, 1.82) is 0 Å². The smallest absolute Gasteiger partial charge is 0.320 e. The number of nitrogens with zero attached hydrogens (tertiary/aromatic N) is 1. The number of unbranched alkanes of at least 4 members (excludes halogenated alkanes) is 4. The van der Waals surface area contributed by atoms with Crippen LogP contribution in [-0.2, 0) is 9.59 Å². The highest BCUT2D eigenvalue weighted by atomic mass is 16.4. The van der Waals surface area contributed by atoms with Gasteiger partial charge in [0.25, 0.3) is 0 Å². The molecule has 0 aliphatic rings. The van der Waals surface area contributed by atoms with Gasteiger partial charge < -0.3 is 10.4 Å². The second-order valence-electron chi connectivity index (χ2n) is 6.17. The molecule has 1 atom stereocenters. The van der Waals surface area contributed by atoms with E-state index in [-0.39, 0.29) is 5.91 Å².